The SMILES string of the molecule is Cc1ccc(S(=O)(=O)N(CCO)C2CCCC2C)cc1C(=O)O. The highest BCUT2D eigenvalue weighted by molar-refractivity contribution is 7.89. The van der Waals surface area contributed by atoms with Gasteiger partial charge in [0.1, 0.15) is 0 Å². The van der Waals surface area contributed by atoms with Gasteiger partial charge < -0.3 is 10.2 Å². The molecule has 6 nitrogen and oxygen atoms in total. The van der Waals surface area contributed by atoms with Crippen LogP contribution in [0.2, 0.25) is 0 Å². The van der Waals surface area contributed by atoms with Gasteiger partial charge in [-0.2, -0.15) is 4.31 Å². The number of carboxylic acid groups (broad SMARTS) is 1. The summed E-state index contributed by atoms with van der Waals surface area (Å²) in [5, 5.41) is 18.5. The average molecular weight is 341 g/mol. The normalized spacial score (nSPS) is 21.7. The van der Waals surface area contributed by atoms with Crippen LogP contribution in [0.15, 0.2) is 23.1 Å². The van der Waals surface area contributed by atoms with E-state index in [-0.39, 0.29) is 35.6 Å². The Morgan fingerprint density at radius 3 is 2.57 bits per heavy atom. The Balaban J connectivity index is 2.45. The molecule has 2 unspecified atom stereocenters. The molecular formula is C16H23NO5S. The van der Waals surface area contributed by atoms with Gasteiger partial charge in [0.25, 0.3) is 0 Å². The van der Waals surface area contributed by atoms with Crippen LogP contribution in [-0.4, -0.2) is 48.1 Å². The minimum atomic E-state index is -3.84. The van der Waals surface area contributed by atoms with E-state index in [0.29, 0.717) is 5.56 Å². The van der Waals surface area contributed by atoms with Gasteiger partial charge in [-0.15, -0.1) is 0 Å². The van der Waals surface area contributed by atoms with Crippen molar-refractivity contribution in [2.24, 2.45) is 5.92 Å². The smallest absolute Gasteiger partial charge is 0.335 e. The molecule has 0 radical (unpaired) electrons. The Hall–Kier alpha value is -1.44. The molecule has 2 atom stereocenters. The van der Waals surface area contributed by atoms with Gasteiger partial charge >= 0.3 is 5.97 Å². The maximum absolute atomic E-state index is 13.0. The Labute approximate surface area is 136 Å². The van der Waals surface area contributed by atoms with E-state index in [1.165, 1.54) is 22.5 Å². The summed E-state index contributed by atoms with van der Waals surface area (Å²) in [6, 6.07) is 3.99. The first-order valence-corrected chi connectivity index (χ1v) is 9.19. The number of aliphatic hydroxyl groups is 1. The lowest BCUT2D eigenvalue weighted by atomic mass is 10.1. The second-order valence-corrected chi connectivity index (χ2v) is 7.99. The van der Waals surface area contributed by atoms with E-state index < -0.39 is 16.0 Å². The number of aliphatic hydroxyl groups excluding tert-OH is 1. The standard InChI is InChI=1S/C16H23NO5S/c1-11-6-7-13(10-14(11)16(19)20)23(21,22)17(8-9-18)15-5-3-4-12(15)2/h6-7,10,12,15,18H,3-5,8-9H2,1-2H3,(H,19,20). The zero-order valence-electron chi connectivity index (χ0n) is 13.4. The van der Waals surface area contributed by atoms with E-state index in [4.69, 9.17) is 0 Å². The Morgan fingerprint density at radius 1 is 1.35 bits per heavy atom. The van der Waals surface area contributed by atoms with Crippen molar-refractivity contribution in [2.75, 3.05) is 13.2 Å². The number of hydrogen-bond acceptors (Lipinski definition) is 4. The van der Waals surface area contributed by atoms with E-state index in [2.05, 4.69) is 0 Å². The molecular weight excluding hydrogens is 318 g/mol. The second kappa shape index (κ2) is 6.98. The van der Waals surface area contributed by atoms with E-state index in [1.54, 1.807) is 6.92 Å². The lowest BCUT2D eigenvalue weighted by Crippen LogP contribution is -2.43. The van der Waals surface area contributed by atoms with E-state index >= 15 is 0 Å². The van der Waals surface area contributed by atoms with Crippen LogP contribution in [0.4, 0.5) is 0 Å². The number of sulfonamides is 1. The number of nitrogens with zero attached hydrogens (tertiary/aromatic N) is 1. The third-order valence-electron chi connectivity index (χ3n) is 4.55. The third-order valence-corrected chi connectivity index (χ3v) is 6.47. The highest BCUT2D eigenvalue weighted by Gasteiger charge is 2.37. The minimum Gasteiger partial charge on any atom is -0.478 e. The molecule has 2 N–H and O–H groups in total. The summed E-state index contributed by atoms with van der Waals surface area (Å²) in [6.07, 6.45) is 2.67. The van der Waals surface area contributed by atoms with Crippen LogP contribution in [-0.2, 0) is 10.0 Å². The molecule has 1 aromatic carbocycles. The van der Waals surface area contributed by atoms with Gasteiger partial charge in [-0.3, -0.25) is 0 Å². The quantitative estimate of drug-likeness (QED) is 0.823. The molecule has 0 bridgehead atoms. The van der Waals surface area contributed by atoms with E-state index in [1.807, 2.05) is 6.92 Å². The van der Waals surface area contributed by atoms with Crippen LogP contribution in [0.1, 0.15) is 42.1 Å². The van der Waals surface area contributed by atoms with Gasteiger partial charge in [0, 0.05) is 12.6 Å². The molecule has 0 saturated heterocycles. The Bertz CT molecular complexity index is 686. The van der Waals surface area contributed by atoms with E-state index in [0.717, 1.165) is 19.3 Å². The van der Waals surface area contributed by atoms with Crippen molar-refractivity contribution in [1.82, 2.24) is 4.31 Å². The summed E-state index contributed by atoms with van der Waals surface area (Å²) in [5.74, 6) is -0.928. The largest absolute Gasteiger partial charge is 0.478 e. The number of carboxylic acids is 1. The van der Waals surface area contributed by atoms with Crippen molar-refractivity contribution in [2.45, 2.75) is 44.0 Å². The molecule has 128 valence electrons. The first-order chi connectivity index (χ1) is 10.8. The van der Waals surface area contributed by atoms with Crippen molar-refractivity contribution < 1.29 is 23.4 Å². The summed E-state index contributed by atoms with van der Waals surface area (Å²) < 4.78 is 27.3. The summed E-state index contributed by atoms with van der Waals surface area (Å²) >= 11 is 0. The van der Waals surface area contributed by atoms with Gasteiger partial charge in [0.2, 0.25) is 10.0 Å². The van der Waals surface area contributed by atoms with Crippen LogP contribution < -0.4 is 0 Å². The lowest BCUT2D eigenvalue weighted by Gasteiger charge is -2.30. The van der Waals surface area contributed by atoms with Crippen molar-refractivity contribution in [3.8, 4) is 0 Å². The van der Waals surface area contributed by atoms with Crippen LogP contribution in [0.3, 0.4) is 0 Å². The van der Waals surface area contributed by atoms with Gasteiger partial charge in [0.15, 0.2) is 0 Å². The highest BCUT2D eigenvalue weighted by atomic mass is 32.2. The molecule has 0 heterocycles. The van der Waals surface area contributed by atoms with Gasteiger partial charge in [-0.05, 0) is 43.4 Å². The third kappa shape index (κ3) is 3.57. The molecule has 1 aliphatic rings. The zero-order valence-corrected chi connectivity index (χ0v) is 14.2. The summed E-state index contributed by atoms with van der Waals surface area (Å²) in [6.45, 7) is 3.40. The Morgan fingerprint density at radius 2 is 2.04 bits per heavy atom. The van der Waals surface area contributed by atoms with Crippen LogP contribution in [0, 0.1) is 12.8 Å². The molecule has 1 saturated carbocycles. The molecule has 0 amide bonds. The van der Waals surface area contributed by atoms with Crippen LogP contribution in [0.5, 0.6) is 0 Å². The van der Waals surface area contributed by atoms with Crippen molar-refractivity contribution in [3.63, 3.8) is 0 Å². The van der Waals surface area contributed by atoms with Gasteiger partial charge in [0.05, 0.1) is 17.1 Å². The molecule has 0 aliphatic heterocycles. The summed E-state index contributed by atoms with van der Waals surface area (Å²) in [4.78, 5) is 11.2. The highest BCUT2D eigenvalue weighted by Crippen LogP contribution is 2.33. The van der Waals surface area contributed by atoms with Gasteiger partial charge in [-0.25, -0.2) is 13.2 Å². The Kier molecular flexibility index (Phi) is 5.44. The molecule has 7 heteroatoms. The van der Waals surface area contributed by atoms with E-state index in [9.17, 15) is 23.4 Å². The number of carbonyl (C=O) groups is 1. The first kappa shape index (κ1) is 17.9. The lowest BCUT2D eigenvalue weighted by molar-refractivity contribution is 0.0696. The summed E-state index contributed by atoms with van der Waals surface area (Å²) in [7, 11) is -3.84. The minimum absolute atomic E-state index is 0.0190. The van der Waals surface area contributed by atoms with Crippen LogP contribution in [0.25, 0.3) is 0 Å². The molecule has 1 fully saturated rings. The second-order valence-electron chi connectivity index (χ2n) is 6.10. The number of rotatable bonds is 6. The zero-order chi connectivity index (χ0) is 17.2. The number of hydrogen-bond donors (Lipinski definition) is 2. The molecule has 23 heavy (non-hydrogen) atoms. The topological polar surface area (TPSA) is 94.9 Å². The predicted octanol–water partition coefficient (Wildman–Crippen LogP) is 1.86. The maximum Gasteiger partial charge on any atom is 0.335 e. The predicted molar refractivity (Wildman–Crippen MR) is 85.9 cm³/mol. The fourth-order valence-electron chi connectivity index (χ4n) is 3.24. The number of aromatic carboxylic acids is 1. The summed E-state index contributed by atoms with van der Waals surface area (Å²) in [5.41, 5.74) is 0.494. The van der Waals surface area contributed by atoms with Crippen molar-refractivity contribution >= 4 is 16.0 Å². The fourth-order valence-corrected chi connectivity index (χ4v) is 5.01. The molecule has 0 aromatic heterocycles. The number of benzene rings is 1. The van der Waals surface area contributed by atoms with Crippen molar-refractivity contribution in [3.05, 3.63) is 29.3 Å². The van der Waals surface area contributed by atoms with Gasteiger partial charge in [-0.1, -0.05) is 19.4 Å². The van der Waals surface area contributed by atoms with Crippen LogP contribution >= 0.6 is 0 Å². The monoisotopic (exact) mass is 341 g/mol. The molecule has 1 aliphatic carbocycles. The fraction of sp³-hybridized carbons (Fsp3) is 0.562. The molecule has 1 aromatic rings. The maximum atomic E-state index is 13.0. The average Bonchev–Trinajstić information content (AvgIpc) is 2.90. The van der Waals surface area contributed by atoms with Crippen molar-refractivity contribution in [1.29, 1.82) is 0 Å². The molecule has 2 rings (SSSR count). The molecule has 0 spiro atoms. The number of aryl methyl sites for hydroxylation is 1. The first-order valence-electron chi connectivity index (χ1n) is 7.75.